The maximum Gasteiger partial charge on any atom is 0.302 e. The Kier molecular flexibility index (Phi) is 8.11. The molecule has 0 radical (unpaired) electrons. The molecule has 0 saturated carbocycles. The van der Waals surface area contributed by atoms with Gasteiger partial charge in [-0.15, -0.1) is 23.7 Å². The number of carbonyl (C=O) groups is 3. The van der Waals surface area contributed by atoms with E-state index in [4.69, 9.17) is 5.26 Å². The first kappa shape index (κ1) is 25.0. The maximum absolute atomic E-state index is 12.9. The number of thiophene rings is 1. The van der Waals surface area contributed by atoms with Crippen molar-refractivity contribution in [3.8, 4) is 11.8 Å². The molecule has 2 aromatic carbocycles. The van der Waals surface area contributed by atoms with Gasteiger partial charge >= 0.3 is 5.78 Å². The van der Waals surface area contributed by atoms with Crippen molar-refractivity contribution in [2.75, 3.05) is 19.0 Å². The number of benzene rings is 2. The second-order valence-corrected chi connectivity index (χ2v) is 8.32. The Balaban J connectivity index is 0.00000363. The Labute approximate surface area is 195 Å². The lowest BCUT2D eigenvalue weighted by molar-refractivity contribution is -0.116. The van der Waals surface area contributed by atoms with E-state index in [1.807, 2.05) is 49.3 Å². The molecule has 32 heavy (non-hydrogen) atoms. The van der Waals surface area contributed by atoms with Gasteiger partial charge in [0.1, 0.15) is 16.8 Å². The molecule has 0 aliphatic heterocycles. The Morgan fingerprint density at radius 2 is 1.72 bits per heavy atom. The zero-order valence-electron chi connectivity index (χ0n) is 17.8. The lowest BCUT2D eigenvalue weighted by Crippen LogP contribution is -2.29. The monoisotopic (exact) mass is 471 g/mol. The van der Waals surface area contributed by atoms with Crippen LogP contribution >= 0.6 is 23.7 Å². The Hall–Kier alpha value is -3.25. The Morgan fingerprint density at radius 1 is 1.06 bits per heavy atom. The molecule has 166 valence electrons. The van der Waals surface area contributed by atoms with Crippen molar-refractivity contribution < 1.29 is 19.5 Å². The minimum Gasteiger partial charge on any atom is -0.508 e. The molecule has 0 unspecified atom stereocenters. The minimum atomic E-state index is -1.20. The zero-order valence-corrected chi connectivity index (χ0v) is 19.4. The predicted octanol–water partition coefficient (Wildman–Crippen LogP) is 3.92. The van der Waals surface area contributed by atoms with Gasteiger partial charge in [0.2, 0.25) is 11.7 Å². The largest absolute Gasteiger partial charge is 0.508 e. The number of rotatable bonds is 7. The van der Waals surface area contributed by atoms with Crippen molar-refractivity contribution in [3.05, 3.63) is 59.2 Å². The smallest absolute Gasteiger partial charge is 0.302 e. The fourth-order valence-corrected chi connectivity index (χ4v) is 4.70. The number of Topliss-reactive ketones (excluding diaryl/α,β-unsaturated/α-hetero) is 2. The van der Waals surface area contributed by atoms with Crippen LogP contribution in [0.1, 0.15) is 28.4 Å². The number of halogens is 1. The van der Waals surface area contributed by atoms with Crippen molar-refractivity contribution in [2.24, 2.45) is 0 Å². The third kappa shape index (κ3) is 4.97. The second kappa shape index (κ2) is 10.4. The molecule has 3 rings (SSSR count). The summed E-state index contributed by atoms with van der Waals surface area (Å²) < 4.78 is 0.595. The number of nitriles is 1. The first-order chi connectivity index (χ1) is 14.7. The van der Waals surface area contributed by atoms with Crippen molar-refractivity contribution in [1.29, 1.82) is 5.26 Å². The summed E-state index contributed by atoms with van der Waals surface area (Å²) in [6.45, 7) is 1.96. The zero-order chi connectivity index (χ0) is 22.7. The van der Waals surface area contributed by atoms with E-state index in [0.717, 1.165) is 16.9 Å². The van der Waals surface area contributed by atoms with Crippen LogP contribution in [-0.4, -0.2) is 41.6 Å². The van der Waals surface area contributed by atoms with Gasteiger partial charge in [-0.05, 0) is 31.8 Å². The molecule has 0 saturated heterocycles. The predicted molar refractivity (Wildman–Crippen MR) is 126 cm³/mol. The molecule has 1 amide bonds. The quantitative estimate of drug-likeness (QED) is 0.318. The summed E-state index contributed by atoms with van der Waals surface area (Å²) in [6.07, 6.45) is 0. The molecule has 7 nitrogen and oxygen atoms in total. The third-order valence-electron chi connectivity index (χ3n) is 4.74. The highest BCUT2D eigenvalue weighted by Crippen LogP contribution is 2.43. The topological polar surface area (TPSA) is 102 Å². The number of hydrogen-bond donors (Lipinski definition) is 1. The first-order valence-electron chi connectivity index (χ1n) is 9.47. The molecular formula is C23H22ClN3O4S. The summed E-state index contributed by atoms with van der Waals surface area (Å²) in [5, 5.41) is 20.2. The Bertz CT molecular complexity index is 1220. The number of phenolic OH excluding ortho intramolecular Hbond substituents is 1. The molecule has 1 N–H and O–H groups in total. The summed E-state index contributed by atoms with van der Waals surface area (Å²) in [5.74, 6) is -2.43. The third-order valence-corrected chi connectivity index (χ3v) is 6.02. The molecule has 1 aromatic heterocycles. The number of nitrogens with zero attached hydrogens (tertiary/aromatic N) is 3. The summed E-state index contributed by atoms with van der Waals surface area (Å²) in [7, 11) is 3.69. The average Bonchev–Trinajstić information content (AvgIpc) is 3.12. The average molecular weight is 472 g/mol. The fraction of sp³-hybridized carbons (Fsp3) is 0.217. The highest BCUT2D eigenvalue weighted by molar-refractivity contribution is 7.24. The van der Waals surface area contributed by atoms with E-state index < -0.39 is 11.6 Å². The number of fused-ring (bicyclic) bond motifs is 1. The second-order valence-electron chi connectivity index (χ2n) is 7.32. The summed E-state index contributed by atoms with van der Waals surface area (Å²) in [5.41, 5.74) is 1.44. The number of carbonyl (C=O) groups excluding carboxylic acids is 3. The van der Waals surface area contributed by atoms with E-state index in [2.05, 4.69) is 0 Å². The van der Waals surface area contributed by atoms with E-state index in [1.54, 1.807) is 6.07 Å². The highest BCUT2D eigenvalue weighted by Gasteiger charge is 2.30. The van der Waals surface area contributed by atoms with E-state index in [-0.39, 0.29) is 41.2 Å². The molecule has 1 heterocycles. The SMILES string of the molecule is CC(=O)N(Cc1ccccc1)c1sc2c(CN(C)C)c(O)ccc2c1C(=O)C(=O)C#N.Cl. The first-order valence-corrected chi connectivity index (χ1v) is 10.3. The van der Waals surface area contributed by atoms with Crippen LogP contribution in [0, 0.1) is 11.3 Å². The lowest BCUT2D eigenvalue weighted by Gasteiger charge is -2.20. The standard InChI is InChI=1S/C23H21N3O4S.ClH/c1-14(27)26(12-15-7-5-4-6-8-15)23-20(21(30)19(29)11-24)16-9-10-18(28)17(13-25(2)3)22(16)31-23;/h4-10,28H,12-13H2,1-3H3;1H. The van der Waals surface area contributed by atoms with Crippen LogP contribution in [0.5, 0.6) is 5.75 Å². The lowest BCUT2D eigenvalue weighted by atomic mass is 10.0. The normalized spacial score (nSPS) is 10.5. The highest BCUT2D eigenvalue weighted by atomic mass is 35.5. The number of ketones is 2. The molecule has 3 aromatic rings. The fourth-order valence-electron chi connectivity index (χ4n) is 3.33. The van der Waals surface area contributed by atoms with Gasteiger partial charge in [-0.25, -0.2) is 0 Å². The van der Waals surface area contributed by atoms with Crippen LogP contribution in [0.4, 0.5) is 5.00 Å². The summed E-state index contributed by atoms with van der Waals surface area (Å²) >= 11 is 1.15. The van der Waals surface area contributed by atoms with E-state index in [0.29, 0.717) is 22.2 Å². The van der Waals surface area contributed by atoms with Crippen molar-refractivity contribution in [1.82, 2.24) is 4.90 Å². The van der Waals surface area contributed by atoms with Crippen molar-refractivity contribution in [3.63, 3.8) is 0 Å². The van der Waals surface area contributed by atoms with E-state index in [1.165, 1.54) is 24.0 Å². The summed E-state index contributed by atoms with van der Waals surface area (Å²) in [6, 6.07) is 13.6. The van der Waals surface area contributed by atoms with Gasteiger partial charge in [-0.2, -0.15) is 5.26 Å². The van der Waals surface area contributed by atoms with Gasteiger partial charge in [-0.1, -0.05) is 30.3 Å². The molecule has 0 fully saturated rings. The van der Waals surface area contributed by atoms with E-state index in [9.17, 15) is 19.5 Å². The van der Waals surface area contributed by atoms with Gasteiger partial charge < -0.3 is 10.0 Å². The van der Waals surface area contributed by atoms with Crippen LogP contribution in [0.15, 0.2) is 42.5 Å². The van der Waals surface area contributed by atoms with Crippen molar-refractivity contribution in [2.45, 2.75) is 20.0 Å². The molecule has 0 spiro atoms. The van der Waals surface area contributed by atoms with Crippen LogP contribution in [-0.2, 0) is 22.7 Å². The van der Waals surface area contributed by atoms with Crippen molar-refractivity contribution >= 4 is 56.3 Å². The Morgan fingerprint density at radius 3 is 2.28 bits per heavy atom. The maximum atomic E-state index is 12.9. The van der Waals surface area contributed by atoms with E-state index >= 15 is 0 Å². The number of amides is 1. The minimum absolute atomic E-state index is 0. The molecule has 0 aliphatic rings. The number of hydrogen-bond acceptors (Lipinski definition) is 7. The van der Waals surface area contributed by atoms with Gasteiger partial charge in [0.15, 0.2) is 0 Å². The molecule has 0 aliphatic carbocycles. The van der Waals surface area contributed by atoms with Gasteiger partial charge in [0.05, 0.1) is 12.1 Å². The van der Waals surface area contributed by atoms with Crippen LogP contribution in [0.3, 0.4) is 0 Å². The summed E-state index contributed by atoms with van der Waals surface area (Å²) in [4.78, 5) is 40.8. The molecule has 9 heteroatoms. The van der Waals surface area contributed by atoms with Gasteiger partial charge in [0.25, 0.3) is 0 Å². The molecule has 0 atom stereocenters. The number of phenols is 1. The molecular weight excluding hydrogens is 450 g/mol. The van der Waals surface area contributed by atoms with Gasteiger partial charge in [-0.3, -0.25) is 19.3 Å². The van der Waals surface area contributed by atoms with Crippen LogP contribution in [0.25, 0.3) is 10.1 Å². The molecule has 0 bridgehead atoms. The number of aromatic hydroxyl groups is 1. The van der Waals surface area contributed by atoms with Crippen LogP contribution < -0.4 is 4.90 Å². The van der Waals surface area contributed by atoms with Gasteiger partial charge in [0, 0.05) is 29.1 Å². The van der Waals surface area contributed by atoms with Crippen LogP contribution in [0.2, 0.25) is 0 Å². The number of anilines is 1.